The van der Waals surface area contributed by atoms with Gasteiger partial charge in [-0.1, -0.05) is 15.9 Å². The standard InChI is InChI=1S/C10H8BrF3INO3/c1-18-9(17)2-5-6(15)3-8(16-7(5)4-11)19-10(12,13)14/h3H,2,4H2,1H3. The van der Waals surface area contributed by atoms with Crippen molar-refractivity contribution < 1.29 is 27.4 Å². The summed E-state index contributed by atoms with van der Waals surface area (Å²) in [4.78, 5) is 15.0. The molecule has 1 aromatic rings. The minimum Gasteiger partial charge on any atom is -0.469 e. The lowest BCUT2D eigenvalue weighted by Crippen LogP contribution is -2.19. The van der Waals surface area contributed by atoms with Gasteiger partial charge >= 0.3 is 12.3 Å². The number of hydrogen-bond donors (Lipinski definition) is 0. The van der Waals surface area contributed by atoms with Gasteiger partial charge in [-0.05, 0) is 28.2 Å². The molecule has 0 unspecified atom stereocenters. The zero-order valence-corrected chi connectivity index (χ0v) is 13.3. The van der Waals surface area contributed by atoms with Gasteiger partial charge in [0.15, 0.2) is 0 Å². The van der Waals surface area contributed by atoms with Crippen molar-refractivity contribution >= 4 is 44.5 Å². The molecule has 0 aromatic carbocycles. The normalized spacial score (nSPS) is 11.3. The maximum absolute atomic E-state index is 12.1. The van der Waals surface area contributed by atoms with E-state index in [1.807, 2.05) is 22.6 Å². The molecule has 0 spiro atoms. The first-order valence-electron chi connectivity index (χ1n) is 4.83. The number of carbonyl (C=O) groups is 1. The minimum absolute atomic E-state index is 0.0605. The molecule has 106 valence electrons. The molecule has 0 aliphatic rings. The Kier molecular flexibility index (Phi) is 5.83. The zero-order chi connectivity index (χ0) is 14.6. The minimum atomic E-state index is -4.80. The third kappa shape index (κ3) is 5.13. The van der Waals surface area contributed by atoms with Gasteiger partial charge in [-0.15, -0.1) is 13.2 Å². The quantitative estimate of drug-likeness (QED) is 0.399. The Hall–Kier alpha value is -0.580. The van der Waals surface area contributed by atoms with Crippen LogP contribution in [-0.2, 0) is 21.3 Å². The molecule has 1 heterocycles. The Labute approximate surface area is 128 Å². The molecular formula is C10H8BrF3INO3. The van der Waals surface area contributed by atoms with Crippen molar-refractivity contribution in [3.05, 3.63) is 20.9 Å². The van der Waals surface area contributed by atoms with Gasteiger partial charge in [0, 0.05) is 15.0 Å². The lowest BCUT2D eigenvalue weighted by atomic mass is 10.1. The number of aromatic nitrogens is 1. The number of rotatable bonds is 4. The summed E-state index contributed by atoms with van der Waals surface area (Å²) in [6.45, 7) is 0. The lowest BCUT2D eigenvalue weighted by molar-refractivity contribution is -0.276. The van der Waals surface area contributed by atoms with Gasteiger partial charge < -0.3 is 9.47 Å². The molecule has 1 rings (SSSR count). The zero-order valence-electron chi connectivity index (χ0n) is 9.55. The molecule has 0 fully saturated rings. The number of alkyl halides is 4. The second-order valence-corrected chi connectivity index (χ2v) is 5.02. The van der Waals surface area contributed by atoms with Crippen LogP contribution in [0.15, 0.2) is 6.07 Å². The van der Waals surface area contributed by atoms with Gasteiger partial charge in [0.05, 0.1) is 19.2 Å². The smallest absolute Gasteiger partial charge is 0.469 e. The van der Waals surface area contributed by atoms with Gasteiger partial charge in [-0.2, -0.15) is 0 Å². The molecule has 1 aromatic heterocycles. The van der Waals surface area contributed by atoms with Crippen molar-refractivity contribution in [2.75, 3.05) is 7.11 Å². The van der Waals surface area contributed by atoms with Crippen LogP contribution >= 0.6 is 38.5 Å². The maximum Gasteiger partial charge on any atom is 0.574 e. The predicted octanol–water partition coefficient (Wildman–Crippen LogP) is 3.20. The SMILES string of the molecule is COC(=O)Cc1c(I)cc(OC(F)(F)F)nc1CBr. The van der Waals surface area contributed by atoms with Crippen LogP contribution in [0.2, 0.25) is 0 Å². The van der Waals surface area contributed by atoms with Gasteiger partial charge in [-0.25, -0.2) is 4.98 Å². The monoisotopic (exact) mass is 453 g/mol. The number of esters is 1. The van der Waals surface area contributed by atoms with Crippen molar-refractivity contribution in [3.8, 4) is 5.88 Å². The Bertz CT molecular complexity index is 482. The van der Waals surface area contributed by atoms with E-state index in [1.54, 1.807) is 0 Å². The van der Waals surface area contributed by atoms with Crippen molar-refractivity contribution in [2.24, 2.45) is 0 Å². The number of pyridine rings is 1. The number of nitrogens with zero attached hydrogens (tertiary/aromatic N) is 1. The highest BCUT2D eigenvalue weighted by Crippen LogP contribution is 2.27. The number of methoxy groups -OCH3 is 1. The average molecular weight is 454 g/mol. The van der Waals surface area contributed by atoms with E-state index in [1.165, 1.54) is 7.11 Å². The fourth-order valence-corrected chi connectivity index (χ4v) is 2.48. The van der Waals surface area contributed by atoms with Gasteiger partial charge in [0.25, 0.3) is 0 Å². The molecule has 0 bridgehead atoms. The Morgan fingerprint density at radius 3 is 2.63 bits per heavy atom. The van der Waals surface area contributed by atoms with Crippen LogP contribution in [0.25, 0.3) is 0 Å². The van der Waals surface area contributed by atoms with Gasteiger partial charge in [0.2, 0.25) is 5.88 Å². The van der Waals surface area contributed by atoms with Crippen LogP contribution in [0, 0.1) is 3.57 Å². The van der Waals surface area contributed by atoms with Crippen LogP contribution in [0.4, 0.5) is 13.2 Å². The molecule has 4 nitrogen and oxygen atoms in total. The summed E-state index contributed by atoms with van der Waals surface area (Å²) in [6, 6.07) is 1.12. The molecule has 0 saturated heterocycles. The molecule has 0 radical (unpaired) electrons. The molecule has 19 heavy (non-hydrogen) atoms. The summed E-state index contributed by atoms with van der Waals surface area (Å²) in [7, 11) is 1.23. The fourth-order valence-electron chi connectivity index (χ4n) is 1.25. The summed E-state index contributed by atoms with van der Waals surface area (Å²) >= 11 is 4.93. The third-order valence-electron chi connectivity index (χ3n) is 2.03. The van der Waals surface area contributed by atoms with Crippen LogP contribution in [0.3, 0.4) is 0 Å². The highest BCUT2D eigenvalue weighted by molar-refractivity contribution is 14.1. The molecule has 0 amide bonds. The van der Waals surface area contributed by atoms with E-state index >= 15 is 0 Å². The predicted molar refractivity (Wildman–Crippen MR) is 72.0 cm³/mol. The first-order chi connectivity index (χ1) is 8.76. The van der Waals surface area contributed by atoms with E-state index in [-0.39, 0.29) is 11.8 Å². The molecule has 0 N–H and O–H groups in total. The summed E-state index contributed by atoms with van der Waals surface area (Å²) in [5.74, 6) is -1.05. The van der Waals surface area contributed by atoms with Gasteiger partial charge in [-0.3, -0.25) is 4.79 Å². The number of ether oxygens (including phenoxy) is 2. The second kappa shape index (κ2) is 6.73. The second-order valence-electron chi connectivity index (χ2n) is 3.30. The summed E-state index contributed by atoms with van der Waals surface area (Å²) < 4.78 is 45.1. The number of hydrogen-bond acceptors (Lipinski definition) is 4. The van der Waals surface area contributed by atoms with E-state index in [0.717, 1.165) is 6.07 Å². The number of halogens is 5. The molecule has 9 heteroatoms. The van der Waals surface area contributed by atoms with E-state index in [9.17, 15) is 18.0 Å². The highest BCUT2D eigenvalue weighted by Gasteiger charge is 2.32. The Morgan fingerprint density at radius 1 is 1.53 bits per heavy atom. The summed E-state index contributed by atoms with van der Waals surface area (Å²) in [6.07, 6.45) is -4.86. The third-order valence-corrected chi connectivity index (χ3v) is 3.52. The Morgan fingerprint density at radius 2 is 2.16 bits per heavy atom. The summed E-state index contributed by atoms with van der Waals surface area (Å²) in [5.41, 5.74) is 0.815. The van der Waals surface area contributed by atoms with Crippen molar-refractivity contribution in [3.63, 3.8) is 0 Å². The lowest BCUT2D eigenvalue weighted by Gasteiger charge is -2.13. The topological polar surface area (TPSA) is 48.4 Å². The van der Waals surface area contributed by atoms with Gasteiger partial charge in [0.1, 0.15) is 0 Å². The fraction of sp³-hybridized carbons (Fsp3) is 0.400. The molecule has 0 atom stereocenters. The van der Waals surface area contributed by atoms with Crippen LogP contribution in [0.1, 0.15) is 11.3 Å². The molecule has 0 aliphatic heterocycles. The van der Waals surface area contributed by atoms with Crippen molar-refractivity contribution in [2.45, 2.75) is 18.1 Å². The van der Waals surface area contributed by atoms with E-state index in [0.29, 0.717) is 14.8 Å². The summed E-state index contributed by atoms with van der Waals surface area (Å²) in [5, 5.41) is 0.199. The van der Waals surface area contributed by atoms with E-state index < -0.39 is 18.2 Å². The van der Waals surface area contributed by atoms with E-state index in [2.05, 4.69) is 30.4 Å². The Balaban J connectivity index is 3.11. The van der Waals surface area contributed by atoms with Crippen LogP contribution in [-0.4, -0.2) is 24.4 Å². The molecule has 0 aliphatic carbocycles. The van der Waals surface area contributed by atoms with Crippen molar-refractivity contribution in [1.82, 2.24) is 4.98 Å². The van der Waals surface area contributed by atoms with Crippen molar-refractivity contribution in [1.29, 1.82) is 0 Å². The van der Waals surface area contributed by atoms with Crippen LogP contribution < -0.4 is 4.74 Å². The molecule has 0 saturated carbocycles. The molecular weight excluding hydrogens is 446 g/mol. The maximum atomic E-state index is 12.1. The first-order valence-corrected chi connectivity index (χ1v) is 7.03. The first kappa shape index (κ1) is 16.5. The number of carbonyl (C=O) groups excluding carboxylic acids is 1. The van der Waals surface area contributed by atoms with E-state index in [4.69, 9.17) is 0 Å². The highest BCUT2D eigenvalue weighted by atomic mass is 127. The average Bonchev–Trinajstić information content (AvgIpc) is 2.29. The van der Waals surface area contributed by atoms with Crippen LogP contribution in [0.5, 0.6) is 5.88 Å². The largest absolute Gasteiger partial charge is 0.574 e.